The summed E-state index contributed by atoms with van der Waals surface area (Å²) in [4.78, 5) is 14.2. The largest absolute Gasteiger partial charge is 0.497 e. The van der Waals surface area contributed by atoms with Gasteiger partial charge >= 0.3 is 0 Å². The SMILES string of the molecule is CCN(CC(=O)Nc1cccc(OC)c1)C(=S)Nc1ccc(C(C)C)cc1. The van der Waals surface area contributed by atoms with Crippen LogP contribution in [0.3, 0.4) is 0 Å². The zero-order valence-electron chi connectivity index (χ0n) is 16.3. The van der Waals surface area contributed by atoms with E-state index in [9.17, 15) is 4.79 Å². The Kier molecular flexibility index (Phi) is 7.61. The molecule has 0 aliphatic carbocycles. The molecule has 0 radical (unpaired) electrons. The van der Waals surface area contributed by atoms with E-state index in [4.69, 9.17) is 17.0 Å². The van der Waals surface area contributed by atoms with Crippen molar-refractivity contribution in [1.29, 1.82) is 0 Å². The number of hydrogen-bond donors (Lipinski definition) is 2. The normalized spacial score (nSPS) is 10.4. The van der Waals surface area contributed by atoms with E-state index in [0.717, 1.165) is 5.69 Å². The fourth-order valence-electron chi connectivity index (χ4n) is 2.56. The number of anilines is 2. The second-order valence-corrected chi connectivity index (χ2v) is 6.89. The third kappa shape index (κ3) is 6.25. The molecule has 0 fully saturated rings. The average molecular weight is 386 g/mol. The molecule has 1 amide bonds. The molecule has 0 saturated carbocycles. The Hall–Kier alpha value is -2.60. The molecule has 27 heavy (non-hydrogen) atoms. The number of amides is 1. The first-order valence-corrected chi connectivity index (χ1v) is 9.43. The van der Waals surface area contributed by atoms with Crippen LogP contribution in [0.2, 0.25) is 0 Å². The molecule has 2 rings (SSSR count). The molecule has 6 heteroatoms. The molecule has 0 spiro atoms. The highest BCUT2D eigenvalue weighted by Crippen LogP contribution is 2.18. The fraction of sp³-hybridized carbons (Fsp3) is 0.333. The molecule has 0 heterocycles. The van der Waals surface area contributed by atoms with Crippen LogP contribution in [0.4, 0.5) is 11.4 Å². The van der Waals surface area contributed by atoms with E-state index in [2.05, 4.69) is 36.6 Å². The van der Waals surface area contributed by atoms with E-state index in [1.807, 2.05) is 42.2 Å². The molecular formula is C21H27N3O2S. The lowest BCUT2D eigenvalue weighted by molar-refractivity contribution is -0.116. The zero-order chi connectivity index (χ0) is 19.8. The quantitative estimate of drug-likeness (QED) is 0.689. The van der Waals surface area contributed by atoms with E-state index in [0.29, 0.717) is 29.0 Å². The molecule has 0 aliphatic heterocycles. The molecule has 5 nitrogen and oxygen atoms in total. The fourth-order valence-corrected chi connectivity index (χ4v) is 2.87. The Morgan fingerprint density at radius 3 is 2.41 bits per heavy atom. The summed E-state index contributed by atoms with van der Waals surface area (Å²) < 4.78 is 5.17. The Bertz CT molecular complexity index is 775. The second kappa shape index (κ2) is 9.92. The summed E-state index contributed by atoms with van der Waals surface area (Å²) in [5, 5.41) is 6.60. The molecular weight excluding hydrogens is 358 g/mol. The van der Waals surface area contributed by atoms with E-state index < -0.39 is 0 Å². The van der Waals surface area contributed by atoms with Crippen molar-refractivity contribution < 1.29 is 9.53 Å². The number of hydrogen-bond acceptors (Lipinski definition) is 3. The molecule has 0 atom stereocenters. The average Bonchev–Trinajstić information content (AvgIpc) is 2.66. The van der Waals surface area contributed by atoms with E-state index in [-0.39, 0.29) is 12.5 Å². The number of benzene rings is 2. The molecule has 0 aliphatic rings. The van der Waals surface area contributed by atoms with Gasteiger partial charge in [0.25, 0.3) is 0 Å². The number of rotatable bonds is 7. The van der Waals surface area contributed by atoms with Gasteiger partial charge in [0.2, 0.25) is 5.91 Å². The number of likely N-dealkylation sites (N-methyl/N-ethyl adjacent to an activating group) is 1. The number of methoxy groups -OCH3 is 1. The Balaban J connectivity index is 1.94. The Labute approximate surface area is 166 Å². The Morgan fingerprint density at radius 1 is 1.11 bits per heavy atom. The molecule has 0 saturated heterocycles. The molecule has 144 valence electrons. The van der Waals surface area contributed by atoms with Gasteiger partial charge in [0.1, 0.15) is 5.75 Å². The van der Waals surface area contributed by atoms with Crippen LogP contribution < -0.4 is 15.4 Å². The van der Waals surface area contributed by atoms with Crippen molar-refractivity contribution in [3.8, 4) is 5.75 Å². The first-order valence-electron chi connectivity index (χ1n) is 9.02. The maximum absolute atomic E-state index is 12.4. The first-order chi connectivity index (χ1) is 12.9. The van der Waals surface area contributed by atoms with E-state index in [1.165, 1.54) is 5.56 Å². The van der Waals surface area contributed by atoms with E-state index >= 15 is 0 Å². The standard InChI is InChI=1S/C21H27N3O2S/c1-5-24(14-20(25)22-18-7-6-8-19(13-18)26-4)21(27)23-17-11-9-16(10-12-17)15(2)3/h6-13,15H,5,14H2,1-4H3,(H,22,25)(H,23,27). The number of carbonyl (C=O) groups excluding carboxylic acids is 1. The third-order valence-electron chi connectivity index (χ3n) is 4.19. The van der Waals surface area contributed by atoms with Crippen LogP contribution in [0.5, 0.6) is 5.75 Å². The van der Waals surface area contributed by atoms with Gasteiger partial charge in [-0.2, -0.15) is 0 Å². The third-order valence-corrected chi connectivity index (χ3v) is 4.55. The summed E-state index contributed by atoms with van der Waals surface area (Å²) in [7, 11) is 1.59. The number of ether oxygens (including phenoxy) is 1. The predicted octanol–water partition coefficient (Wildman–Crippen LogP) is 4.48. The smallest absolute Gasteiger partial charge is 0.243 e. The molecule has 2 N–H and O–H groups in total. The van der Waals surface area contributed by atoms with Crippen molar-refractivity contribution in [1.82, 2.24) is 4.90 Å². The maximum Gasteiger partial charge on any atom is 0.243 e. The topological polar surface area (TPSA) is 53.6 Å². The van der Waals surface area contributed by atoms with Crippen LogP contribution in [0, 0.1) is 0 Å². The molecule has 2 aromatic carbocycles. The van der Waals surface area contributed by atoms with Crippen molar-refractivity contribution in [2.24, 2.45) is 0 Å². The minimum Gasteiger partial charge on any atom is -0.497 e. The Morgan fingerprint density at radius 2 is 1.81 bits per heavy atom. The zero-order valence-corrected chi connectivity index (χ0v) is 17.1. The minimum atomic E-state index is -0.135. The molecule has 0 bridgehead atoms. The van der Waals surface area contributed by atoms with Crippen molar-refractivity contribution in [2.75, 3.05) is 30.8 Å². The van der Waals surface area contributed by atoms with Crippen LogP contribution in [-0.4, -0.2) is 36.1 Å². The van der Waals surface area contributed by atoms with Gasteiger partial charge in [0.15, 0.2) is 5.11 Å². The van der Waals surface area contributed by atoms with Gasteiger partial charge in [-0.05, 0) is 54.9 Å². The number of nitrogens with one attached hydrogen (secondary N) is 2. The number of nitrogens with zero attached hydrogens (tertiary/aromatic N) is 1. The minimum absolute atomic E-state index is 0.135. The molecule has 0 unspecified atom stereocenters. The summed E-state index contributed by atoms with van der Waals surface area (Å²) in [6.07, 6.45) is 0. The van der Waals surface area contributed by atoms with Gasteiger partial charge in [0, 0.05) is 24.0 Å². The lowest BCUT2D eigenvalue weighted by atomic mass is 10.0. The van der Waals surface area contributed by atoms with Crippen LogP contribution in [0.1, 0.15) is 32.3 Å². The van der Waals surface area contributed by atoms with Crippen molar-refractivity contribution in [2.45, 2.75) is 26.7 Å². The van der Waals surface area contributed by atoms with Gasteiger partial charge in [-0.15, -0.1) is 0 Å². The summed E-state index contributed by atoms with van der Waals surface area (Å²) >= 11 is 5.48. The predicted molar refractivity (Wildman–Crippen MR) is 116 cm³/mol. The lowest BCUT2D eigenvalue weighted by Gasteiger charge is -2.24. The summed E-state index contributed by atoms with van der Waals surface area (Å²) in [5.74, 6) is 1.05. The van der Waals surface area contributed by atoms with Crippen LogP contribution in [0.25, 0.3) is 0 Å². The number of carbonyl (C=O) groups is 1. The highest BCUT2D eigenvalue weighted by Gasteiger charge is 2.13. The summed E-state index contributed by atoms with van der Waals surface area (Å²) in [5.41, 5.74) is 2.88. The van der Waals surface area contributed by atoms with Crippen molar-refractivity contribution in [3.63, 3.8) is 0 Å². The van der Waals surface area contributed by atoms with E-state index in [1.54, 1.807) is 13.2 Å². The van der Waals surface area contributed by atoms with Gasteiger partial charge < -0.3 is 20.3 Å². The first kappa shape index (κ1) is 20.7. The number of thiocarbonyl (C=S) groups is 1. The van der Waals surface area contributed by atoms with Gasteiger partial charge in [-0.3, -0.25) is 4.79 Å². The van der Waals surface area contributed by atoms with Gasteiger partial charge in [0.05, 0.1) is 13.7 Å². The lowest BCUT2D eigenvalue weighted by Crippen LogP contribution is -2.40. The molecule has 0 aromatic heterocycles. The monoisotopic (exact) mass is 385 g/mol. The van der Waals surface area contributed by atoms with Crippen molar-refractivity contribution >= 4 is 34.6 Å². The van der Waals surface area contributed by atoms with Gasteiger partial charge in [-0.25, -0.2) is 0 Å². The van der Waals surface area contributed by atoms with Crippen LogP contribution >= 0.6 is 12.2 Å². The maximum atomic E-state index is 12.4. The van der Waals surface area contributed by atoms with Gasteiger partial charge in [-0.1, -0.05) is 32.0 Å². The highest BCUT2D eigenvalue weighted by molar-refractivity contribution is 7.80. The summed E-state index contributed by atoms with van der Waals surface area (Å²) in [6, 6.07) is 15.4. The summed E-state index contributed by atoms with van der Waals surface area (Å²) in [6.45, 7) is 7.08. The molecule has 2 aromatic rings. The van der Waals surface area contributed by atoms with Crippen molar-refractivity contribution in [3.05, 3.63) is 54.1 Å². The highest BCUT2D eigenvalue weighted by atomic mass is 32.1. The second-order valence-electron chi connectivity index (χ2n) is 6.50. The van der Waals surface area contributed by atoms with Crippen LogP contribution in [-0.2, 0) is 4.79 Å². The van der Waals surface area contributed by atoms with Crippen LogP contribution in [0.15, 0.2) is 48.5 Å².